The Morgan fingerprint density at radius 1 is 1.58 bits per heavy atom. The molecule has 1 fully saturated rings. The number of rotatable bonds is 4. The topological polar surface area (TPSA) is 64.4 Å². The van der Waals surface area contributed by atoms with E-state index in [0.717, 1.165) is 0 Å². The molecular weight excluding hydrogens is 334 g/mol. The van der Waals surface area contributed by atoms with Crippen LogP contribution in [0.5, 0.6) is 0 Å². The Hall–Kier alpha value is -0.440. The molecule has 19 heavy (non-hydrogen) atoms. The van der Waals surface area contributed by atoms with Crippen LogP contribution in [0.2, 0.25) is 0 Å². The lowest BCUT2D eigenvalue weighted by molar-refractivity contribution is 0.0412. The van der Waals surface area contributed by atoms with Gasteiger partial charge in [-0.3, -0.25) is 0 Å². The zero-order valence-electron chi connectivity index (χ0n) is 11.0. The molecule has 1 unspecified atom stereocenters. The lowest BCUT2D eigenvalue weighted by Crippen LogP contribution is -2.49. The average molecular weight is 352 g/mol. The molecule has 1 aliphatic heterocycles. The number of alkyl halides is 1. The molecular formula is C11H18BrN3O3S. The van der Waals surface area contributed by atoms with Crippen LogP contribution >= 0.6 is 15.9 Å². The zero-order valence-corrected chi connectivity index (χ0v) is 13.4. The quantitative estimate of drug-likeness (QED) is 0.759. The molecule has 1 aliphatic rings. The summed E-state index contributed by atoms with van der Waals surface area (Å²) in [5.74, 6) is 0.713. The Morgan fingerprint density at radius 3 is 2.89 bits per heavy atom. The van der Waals surface area contributed by atoms with Gasteiger partial charge in [-0.1, -0.05) is 15.9 Å². The van der Waals surface area contributed by atoms with E-state index in [0.29, 0.717) is 37.5 Å². The first-order valence-corrected chi connectivity index (χ1v) is 8.76. The van der Waals surface area contributed by atoms with Gasteiger partial charge in [-0.25, -0.2) is 13.4 Å². The number of hydrogen-bond acceptors (Lipinski definition) is 4. The largest absolute Gasteiger partial charge is 0.378 e. The van der Waals surface area contributed by atoms with Gasteiger partial charge in [0.05, 0.1) is 19.3 Å². The molecule has 1 aromatic rings. The highest BCUT2D eigenvalue weighted by molar-refractivity contribution is 9.09. The highest BCUT2D eigenvalue weighted by atomic mass is 79.9. The molecule has 108 valence electrons. The number of ether oxygens (including phenoxy) is 1. The van der Waals surface area contributed by atoms with Gasteiger partial charge in [0, 0.05) is 24.6 Å². The Morgan fingerprint density at radius 2 is 2.32 bits per heavy atom. The molecule has 6 nitrogen and oxygen atoms in total. The van der Waals surface area contributed by atoms with Gasteiger partial charge in [0.15, 0.2) is 5.03 Å². The molecule has 2 heterocycles. The fraction of sp³-hybridized carbons (Fsp3) is 0.727. The summed E-state index contributed by atoms with van der Waals surface area (Å²) in [5, 5.41) is 0.680. The van der Waals surface area contributed by atoms with Crippen LogP contribution in [-0.2, 0) is 21.3 Å². The number of aryl methyl sites for hydroxylation is 2. The minimum Gasteiger partial charge on any atom is -0.378 e. The first-order chi connectivity index (χ1) is 9.00. The van der Waals surface area contributed by atoms with Gasteiger partial charge in [0.2, 0.25) is 0 Å². The summed E-state index contributed by atoms with van der Waals surface area (Å²) in [6.07, 6.45) is 1.60. The molecule has 0 N–H and O–H groups in total. The Kier molecular flexibility index (Phi) is 4.65. The van der Waals surface area contributed by atoms with Crippen molar-refractivity contribution in [2.75, 3.05) is 25.1 Å². The second kappa shape index (κ2) is 5.90. The predicted molar refractivity (Wildman–Crippen MR) is 74.9 cm³/mol. The number of nitrogens with zero attached hydrogens (tertiary/aromatic N) is 3. The van der Waals surface area contributed by atoms with Crippen LogP contribution in [0.3, 0.4) is 0 Å². The van der Waals surface area contributed by atoms with E-state index in [1.807, 2.05) is 18.4 Å². The van der Waals surface area contributed by atoms with Crippen molar-refractivity contribution in [3.63, 3.8) is 0 Å². The standard InChI is InChI=1S/C11H18BrN3O3S/c1-3-14-7-11(13-9(14)2)19(16,17)15-4-5-18-8-10(15)6-12/h7,10H,3-6,8H2,1-2H3. The van der Waals surface area contributed by atoms with E-state index in [2.05, 4.69) is 20.9 Å². The van der Waals surface area contributed by atoms with Crippen LogP contribution in [0.25, 0.3) is 0 Å². The summed E-state index contributed by atoms with van der Waals surface area (Å²) in [4.78, 5) is 4.17. The van der Waals surface area contributed by atoms with Gasteiger partial charge in [-0.05, 0) is 13.8 Å². The van der Waals surface area contributed by atoms with E-state index < -0.39 is 10.0 Å². The van der Waals surface area contributed by atoms with Crippen molar-refractivity contribution in [2.24, 2.45) is 0 Å². The van der Waals surface area contributed by atoms with Gasteiger partial charge in [-0.2, -0.15) is 4.31 Å². The summed E-state index contributed by atoms with van der Waals surface area (Å²) in [6, 6.07) is -0.175. The third-order valence-electron chi connectivity index (χ3n) is 3.22. The van der Waals surface area contributed by atoms with Crippen LogP contribution in [-0.4, -0.2) is 53.4 Å². The second-order valence-corrected chi connectivity index (χ2v) is 6.90. The number of imidazole rings is 1. The fourth-order valence-electron chi connectivity index (χ4n) is 2.12. The van der Waals surface area contributed by atoms with E-state index >= 15 is 0 Å². The van der Waals surface area contributed by atoms with Gasteiger partial charge < -0.3 is 9.30 Å². The SMILES string of the molecule is CCn1cc(S(=O)(=O)N2CCOCC2CBr)nc1C. The number of sulfonamides is 1. The van der Waals surface area contributed by atoms with E-state index in [1.165, 1.54) is 4.31 Å². The van der Waals surface area contributed by atoms with Crippen molar-refractivity contribution in [2.45, 2.75) is 31.5 Å². The summed E-state index contributed by atoms with van der Waals surface area (Å²) in [6.45, 7) is 5.69. The third kappa shape index (κ3) is 2.86. The fourth-order valence-corrected chi connectivity index (χ4v) is 4.44. The van der Waals surface area contributed by atoms with Crippen molar-refractivity contribution in [1.29, 1.82) is 0 Å². The van der Waals surface area contributed by atoms with E-state index in [9.17, 15) is 8.42 Å². The van der Waals surface area contributed by atoms with Crippen molar-refractivity contribution in [3.8, 4) is 0 Å². The average Bonchev–Trinajstić information content (AvgIpc) is 2.80. The number of hydrogen-bond donors (Lipinski definition) is 0. The van der Waals surface area contributed by atoms with Crippen LogP contribution in [0.1, 0.15) is 12.7 Å². The predicted octanol–water partition coefficient (Wildman–Crippen LogP) is 0.996. The molecule has 1 saturated heterocycles. The number of morpholine rings is 1. The van der Waals surface area contributed by atoms with Gasteiger partial charge in [-0.15, -0.1) is 0 Å². The maximum absolute atomic E-state index is 12.6. The summed E-state index contributed by atoms with van der Waals surface area (Å²) in [5.41, 5.74) is 0. The highest BCUT2D eigenvalue weighted by Crippen LogP contribution is 2.21. The van der Waals surface area contributed by atoms with Crippen molar-refractivity contribution in [1.82, 2.24) is 13.9 Å². The molecule has 1 atom stereocenters. The van der Waals surface area contributed by atoms with Crippen LogP contribution in [0.15, 0.2) is 11.2 Å². The third-order valence-corrected chi connectivity index (χ3v) is 5.79. The van der Waals surface area contributed by atoms with E-state index in [4.69, 9.17) is 4.74 Å². The van der Waals surface area contributed by atoms with Crippen molar-refractivity contribution < 1.29 is 13.2 Å². The number of halogens is 1. The molecule has 0 aromatic carbocycles. The van der Waals surface area contributed by atoms with Gasteiger partial charge in [0.25, 0.3) is 10.0 Å². The zero-order chi connectivity index (χ0) is 14.0. The summed E-state index contributed by atoms with van der Waals surface area (Å²) in [7, 11) is -3.54. The van der Waals surface area contributed by atoms with Crippen molar-refractivity contribution >= 4 is 26.0 Å². The highest BCUT2D eigenvalue weighted by Gasteiger charge is 2.35. The second-order valence-electron chi connectivity index (χ2n) is 4.41. The monoisotopic (exact) mass is 351 g/mol. The minimum atomic E-state index is -3.54. The van der Waals surface area contributed by atoms with Crippen LogP contribution < -0.4 is 0 Å². The lowest BCUT2D eigenvalue weighted by Gasteiger charge is -2.32. The normalized spacial score (nSPS) is 21.7. The smallest absolute Gasteiger partial charge is 0.262 e. The summed E-state index contributed by atoms with van der Waals surface area (Å²) >= 11 is 3.34. The molecule has 0 amide bonds. The minimum absolute atomic E-state index is 0.125. The maximum Gasteiger partial charge on any atom is 0.262 e. The molecule has 1 aromatic heterocycles. The molecule has 0 radical (unpaired) electrons. The van der Waals surface area contributed by atoms with E-state index in [-0.39, 0.29) is 11.1 Å². The molecule has 0 spiro atoms. The maximum atomic E-state index is 12.6. The first kappa shape index (κ1) is 15.0. The molecule has 8 heteroatoms. The van der Waals surface area contributed by atoms with Crippen molar-refractivity contribution in [3.05, 3.63) is 12.0 Å². The Labute approximate surface area is 121 Å². The van der Waals surface area contributed by atoms with Gasteiger partial charge >= 0.3 is 0 Å². The van der Waals surface area contributed by atoms with Crippen LogP contribution in [0, 0.1) is 6.92 Å². The Balaban J connectivity index is 2.34. The number of aromatic nitrogens is 2. The molecule has 0 aliphatic carbocycles. The summed E-state index contributed by atoms with van der Waals surface area (Å²) < 4.78 is 33.9. The lowest BCUT2D eigenvalue weighted by atomic mass is 10.3. The van der Waals surface area contributed by atoms with Crippen LogP contribution in [0.4, 0.5) is 0 Å². The molecule has 0 bridgehead atoms. The Bertz CT molecular complexity index is 543. The molecule has 2 rings (SSSR count). The first-order valence-electron chi connectivity index (χ1n) is 6.20. The van der Waals surface area contributed by atoms with Gasteiger partial charge in [0.1, 0.15) is 5.82 Å². The van der Waals surface area contributed by atoms with E-state index in [1.54, 1.807) is 6.20 Å². The molecule has 0 saturated carbocycles.